The lowest BCUT2D eigenvalue weighted by Crippen LogP contribution is -1.82. The van der Waals surface area contributed by atoms with E-state index in [9.17, 15) is 10.2 Å². The lowest BCUT2D eigenvalue weighted by molar-refractivity contribution is 0.471. The summed E-state index contributed by atoms with van der Waals surface area (Å²) in [7, 11) is 0. The Morgan fingerprint density at radius 2 is 1.50 bits per heavy atom. The first-order valence-corrected chi connectivity index (χ1v) is 6.00. The molecule has 2 aromatic rings. The zero-order valence-corrected chi connectivity index (χ0v) is 10.1. The monoisotopic (exact) mass is 278 g/mol. The molecule has 2 nitrogen and oxygen atoms in total. The van der Waals surface area contributed by atoms with Gasteiger partial charge in [0.2, 0.25) is 0 Å². The molecule has 0 aliphatic rings. The molecule has 0 bridgehead atoms. The van der Waals surface area contributed by atoms with Gasteiger partial charge in [0.25, 0.3) is 0 Å². The summed E-state index contributed by atoms with van der Waals surface area (Å²) >= 11 is 3.33. The number of rotatable bonds is 2. The van der Waals surface area contributed by atoms with Gasteiger partial charge in [-0.05, 0) is 35.4 Å². The van der Waals surface area contributed by atoms with Crippen molar-refractivity contribution < 1.29 is 10.2 Å². The average molecular weight is 279 g/mol. The maximum Gasteiger partial charge on any atom is 0.119 e. The number of benzene rings is 2. The van der Waals surface area contributed by atoms with Crippen LogP contribution < -0.4 is 0 Å². The van der Waals surface area contributed by atoms with Crippen molar-refractivity contribution in [3.63, 3.8) is 0 Å². The van der Waals surface area contributed by atoms with Crippen molar-refractivity contribution in [1.29, 1.82) is 0 Å². The van der Waals surface area contributed by atoms with Crippen molar-refractivity contribution >= 4 is 15.9 Å². The molecular weight excluding hydrogens is 268 g/mol. The van der Waals surface area contributed by atoms with E-state index in [1.807, 2.05) is 24.3 Å². The Morgan fingerprint density at radius 3 is 2.12 bits per heavy atom. The fourth-order valence-electron chi connectivity index (χ4n) is 1.53. The summed E-state index contributed by atoms with van der Waals surface area (Å²) in [4.78, 5) is 0. The van der Waals surface area contributed by atoms with Gasteiger partial charge in [0.15, 0.2) is 0 Å². The zero-order chi connectivity index (χ0) is 11.5. The molecule has 0 aliphatic carbocycles. The summed E-state index contributed by atoms with van der Waals surface area (Å²) in [5, 5.41) is 19.4. The standard InChI is InChI=1S/C13H11BrO2/c14-8-11-7-10(3-6-13(11)16)9-1-4-12(15)5-2-9/h1-7,15-16H,8H2. The Labute approximate surface area is 102 Å². The number of phenols is 2. The van der Waals surface area contributed by atoms with Crippen LogP contribution in [-0.2, 0) is 5.33 Å². The number of aromatic hydroxyl groups is 2. The highest BCUT2D eigenvalue weighted by Crippen LogP contribution is 2.28. The Morgan fingerprint density at radius 1 is 0.875 bits per heavy atom. The van der Waals surface area contributed by atoms with Gasteiger partial charge in [-0.3, -0.25) is 0 Å². The van der Waals surface area contributed by atoms with E-state index in [1.54, 1.807) is 18.2 Å². The van der Waals surface area contributed by atoms with Crippen molar-refractivity contribution in [2.45, 2.75) is 5.33 Å². The van der Waals surface area contributed by atoms with Crippen LogP contribution in [0.4, 0.5) is 0 Å². The van der Waals surface area contributed by atoms with Crippen molar-refractivity contribution in [3.05, 3.63) is 48.0 Å². The molecule has 0 fully saturated rings. The lowest BCUT2D eigenvalue weighted by Gasteiger charge is -2.06. The topological polar surface area (TPSA) is 40.5 Å². The quantitative estimate of drug-likeness (QED) is 0.823. The van der Waals surface area contributed by atoms with Crippen LogP contribution in [0, 0.1) is 0 Å². The molecule has 0 radical (unpaired) electrons. The fourth-order valence-corrected chi connectivity index (χ4v) is 1.98. The van der Waals surface area contributed by atoms with E-state index in [2.05, 4.69) is 15.9 Å². The smallest absolute Gasteiger partial charge is 0.119 e. The Hall–Kier alpha value is -1.48. The van der Waals surface area contributed by atoms with Gasteiger partial charge >= 0.3 is 0 Å². The van der Waals surface area contributed by atoms with Crippen LogP contribution in [0.2, 0.25) is 0 Å². The molecular formula is C13H11BrO2. The first kappa shape index (κ1) is 11.0. The minimum Gasteiger partial charge on any atom is -0.508 e. The van der Waals surface area contributed by atoms with Gasteiger partial charge in [-0.15, -0.1) is 0 Å². The van der Waals surface area contributed by atoms with E-state index < -0.39 is 0 Å². The molecule has 0 unspecified atom stereocenters. The SMILES string of the molecule is Oc1ccc(-c2ccc(O)c(CBr)c2)cc1. The molecule has 0 amide bonds. The third kappa shape index (κ3) is 2.19. The molecule has 82 valence electrons. The van der Waals surface area contributed by atoms with Crippen molar-refractivity contribution in [2.24, 2.45) is 0 Å². The first-order chi connectivity index (χ1) is 7.70. The normalized spacial score (nSPS) is 10.3. The largest absolute Gasteiger partial charge is 0.508 e. The van der Waals surface area contributed by atoms with Crippen LogP contribution >= 0.6 is 15.9 Å². The second-order valence-electron chi connectivity index (χ2n) is 3.52. The molecule has 0 saturated carbocycles. The first-order valence-electron chi connectivity index (χ1n) is 4.88. The van der Waals surface area contributed by atoms with E-state index in [4.69, 9.17) is 0 Å². The Balaban J connectivity index is 2.44. The highest BCUT2D eigenvalue weighted by atomic mass is 79.9. The summed E-state index contributed by atoms with van der Waals surface area (Å²) in [5.74, 6) is 0.544. The molecule has 0 heterocycles. The summed E-state index contributed by atoms with van der Waals surface area (Å²) < 4.78 is 0. The minimum absolute atomic E-state index is 0.253. The minimum atomic E-state index is 0.253. The number of hydrogen-bond donors (Lipinski definition) is 2. The van der Waals surface area contributed by atoms with E-state index in [1.165, 1.54) is 0 Å². The molecule has 0 aromatic heterocycles. The molecule has 0 spiro atoms. The molecule has 16 heavy (non-hydrogen) atoms. The van der Waals surface area contributed by atoms with Gasteiger partial charge in [-0.1, -0.05) is 34.1 Å². The van der Waals surface area contributed by atoms with Crippen LogP contribution in [0.1, 0.15) is 5.56 Å². The summed E-state index contributed by atoms with van der Waals surface area (Å²) in [5.41, 5.74) is 2.89. The van der Waals surface area contributed by atoms with Crippen LogP contribution in [0.25, 0.3) is 11.1 Å². The van der Waals surface area contributed by atoms with E-state index in [-0.39, 0.29) is 5.75 Å². The predicted octanol–water partition coefficient (Wildman–Crippen LogP) is 3.66. The average Bonchev–Trinajstić information content (AvgIpc) is 2.31. The summed E-state index contributed by atoms with van der Waals surface area (Å²) in [6, 6.07) is 12.5. The highest BCUT2D eigenvalue weighted by molar-refractivity contribution is 9.08. The van der Waals surface area contributed by atoms with Crippen LogP contribution in [0.3, 0.4) is 0 Å². The van der Waals surface area contributed by atoms with Gasteiger partial charge in [-0.2, -0.15) is 0 Å². The molecule has 2 aromatic carbocycles. The molecule has 0 aliphatic heterocycles. The highest BCUT2D eigenvalue weighted by Gasteiger charge is 2.03. The number of phenolic OH excluding ortho intramolecular Hbond substituents is 2. The van der Waals surface area contributed by atoms with E-state index >= 15 is 0 Å². The Bertz CT molecular complexity index is 492. The van der Waals surface area contributed by atoms with E-state index in [0.717, 1.165) is 16.7 Å². The third-order valence-corrected chi connectivity index (χ3v) is 3.03. The second kappa shape index (κ2) is 4.58. The van der Waals surface area contributed by atoms with Crippen LogP contribution in [0.15, 0.2) is 42.5 Å². The number of halogens is 1. The number of hydrogen-bond acceptors (Lipinski definition) is 2. The zero-order valence-electron chi connectivity index (χ0n) is 8.52. The maximum absolute atomic E-state index is 9.56. The third-order valence-electron chi connectivity index (χ3n) is 2.42. The molecule has 3 heteroatoms. The van der Waals surface area contributed by atoms with Gasteiger partial charge in [0.1, 0.15) is 11.5 Å². The second-order valence-corrected chi connectivity index (χ2v) is 4.08. The molecule has 2 rings (SSSR count). The van der Waals surface area contributed by atoms with Gasteiger partial charge in [0.05, 0.1) is 0 Å². The Kier molecular flexibility index (Phi) is 3.15. The van der Waals surface area contributed by atoms with Crippen LogP contribution in [0.5, 0.6) is 11.5 Å². The predicted molar refractivity (Wildman–Crippen MR) is 67.8 cm³/mol. The number of alkyl halides is 1. The van der Waals surface area contributed by atoms with Crippen molar-refractivity contribution in [2.75, 3.05) is 0 Å². The lowest BCUT2D eigenvalue weighted by atomic mass is 10.0. The van der Waals surface area contributed by atoms with Gasteiger partial charge < -0.3 is 10.2 Å². The van der Waals surface area contributed by atoms with Crippen LogP contribution in [-0.4, -0.2) is 10.2 Å². The summed E-state index contributed by atoms with van der Waals surface area (Å²) in [6.07, 6.45) is 0. The fraction of sp³-hybridized carbons (Fsp3) is 0.0769. The van der Waals surface area contributed by atoms with E-state index in [0.29, 0.717) is 11.1 Å². The maximum atomic E-state index is 9.56. The molecule has 0 atom stereocenters. The van der Waals surface area contributed by atoms with Crippen molar-refractivity contribution in [3.8, 4) is 22.6 Å². The van der Waals surface area contributed by atoms with Crippen molar-refractivity contribution in [1.82, 2.24) is 0 Å². The molecule has 0 saturated heterocycles. The van der Waals surface area contributed by atoms with Gasteiger partial charge in [0, 0.05) is 10.9 Å². The van der Waals surface area contributed by atoms with Gasteiger partial charge in [-0.25, -0.2) is 0 Å². The molecule has 2 N–H and O–H groups in total. The summed E-state index contributed by atoms with van der Waals surface area (Å²) in [6.45, 7) is 0.